The van der Waals surface area contributed by atoms with Gasteiger partial charge >= 0.3 is 6.09 Å². The Bertz CT molecular complexity index is 1190. The summed E-state index contributed by atoms with van der Waals surface area (Å²) in [5.41, 5.74) is 2.63. The van der Waals surface area contributed by atoms with Crippen molar-refractivity contribution in [3.63, 3.8) is 0 Å². The average molecular weight is 570 g/mol. The van der Waals surface area contributed by atoms with E-state index in [4.69, 9.17) is 9.47 Å². The van der Waals surface area contributed by atoms with Crippen molar-refractivity contribution in [2.75, 3.05) is 24.4 Å². The summed E-state index contributed by atoms with van der Waals surface area (Å²) < 4.78 is 10.7. The zero-order valence-electron chi connectivity index (χ0n) is 24.9. The quantitative estimate of drug-likeness (QED) is 0.351. The van der Waals surface area contributed by atoms with Crippen LogP contribution in [-0.2, 0) is 14.3 Å². The van der Waals surface area contributed by atoms with Crippen molar-refractivity contribution in [1.82, 2.24) is 10.2 Å². The van der Waals surface area contributed by atoms with Gasteiger partial charge in [-0.15, -0.1) is 0 Å². The maximum atomic E-state index is 14.4. The van der Waals surface area contributed by atoms with Gasteiger partial charge in [0.2, 0.25) is 5.91 Å². The molecule has 0 heterocycles. The van der Waals surface area contributed by atoms with Crippen LogP contribution in [0, 0.1) is 19.8 Å². The number of nitrogens with one attached hydrogen (secondary N) is 2. The second-order valence-electron chi connectivity index (χ2n) is 11.5. The van der Waals surface area contributed by atoms with E-state index in [-0.39, 0.29) is 23.8 Å². The number of aryl methyl sites for hydroxylation is 2. The smallest absolute Gasteiger partial charge is 0.408 e. The third-order valence-electron chi connectivity index (χ3n) is 6.88. The van der Waals surface area contributed by atoms with E-state index < -0.39 is 23.8 Å². The van der Waals surface area contributed by atoms with Gasteiger partial charge in [-0.3, -0.25) is 9.59 Å². The molecule has 4 atom stereocenters. The van der Waals surface area contributed by atoms with Crippen LogP contribution in [0.2, 0.25) is 0 Å². The first-order valence-electron chi connectivity index (χ1n) is 13.7. The lowest BCUT2D eigenvalue weighted by Crippen LogP contribution is -2.53. The molecule has 2 aromatic carbocycles. The van der Waals surface area contributed by atoms with Crippen molar-refractivity contribution in [1.29, 1.82) is 0 Å². The first-order valence-corrected chi connectivity index (χ1v) is 15.1. The molecule has 1 saturated carbocycles. The van der Waals surface area contributed by atoms with Gasteiger partial charge in [-0.1, -0.05) is 30.7 Å². The van der Waals surface area contributed by atoms with Crippen LogP contribution in [0.3, 0.4) is 0 Å². The largest absolute Gasteiger partial charge is 0.497 e. The Morgan fingerprint density at radius 1 is 1.10 bits per heavy atom. The second kappa shape index (κ2) is 13.4. The van der Waals surface area contributed by atoms with Crippen molar-refractivity contribution >= 4 is 35.4 Å². The molecule has 1 aliphatic rings. The monoisotopic (exact) mass is 569 g/mol. The highest BCUT2D eigenvalue weighted by Gasteiger charge is 2.48. The summed E-state index contributed by atoms with van der Waals surface area (Å²) in [6.07, 6.45) is 2.50. The van der Waals surface area contributed by atoms with Gasteiger partial charge in [0.1, 0.15) is 23.4 Å². The number of hydrogen-bond acceptors (Lipinski definition) is 6. The number of thioether (sulfide) groups is 1. The van der Waals surface area contributed by atoms with Gasteiger partial charge < -0.3 is 25.0 Å². The fourth-order valence-electron chi connectivity index (χ4n) is 4.73. The van der Waals surface area contributed by atoms with Crippen molar-refractivity contribution < 1.29 is 23.9 Å². The number of amides is 3. The first-order chi connectivity index (χ1) is 18.8. The Kier molecular flexibility index (Phi) is 10.5. The van der Waals surface area contributed by atoms with E-state index in [1.165, 1.54) is 0 Å². The van der Waals surface area contributed by atoms with Crippen molar-refractivity contribution in [3.8, 4) is 5.75 Å². The van der Waals surface area contributed by atoms with E-state index in [0.29, 0.717) is 23.6 Å². The van der Waals surface area contributed by atoms with Crippen LogP contribution in [0.4, 0.5) is 10.5 Å². The third-order valence-corrected chi connectivity index (χ3v) is 7.53. The highest BCUT2D eigenvalue weighted by atomic mass is 32.2. The van der Waals surface area contributed by atoms with E-state index in [2.05, 4.69) is 17.6 Å². The van der Waals surface area contributed by atoms with E-state index in [1.54, 1.807) is 68.8 Å². The summed E-state index contributed by atoms with van der Waals surface area (Å²) in [6.45, 7) is 11.4. The highest BCUT2D eigenvalue weighted by Crippen LogP contribution is 2.42. The predicted octanol–water partition coefficient (Wildman–Crippen LogP) is 5.88. The van der Waals surface area contributed by atoms with Gasteiger partial charge in [0.05, 0.1) is 7.11 Å². The number of rotatable bonds is 11. The number of methoxy groups -OCH3 is 1. The van der Waals surface area contributed by atoms with E-state index in [9.17, 15) is 14.4 Å². The number of benzene rings is 2. The van der Waals surface area contributed by atoms with Gasteiger partial charge in [0.25, 0.3) is 5.91 Å². The maximum absolute atomic E-state index is 14.4. The molecular formula is C31H43N3O5S. The molecular weight excluding hydrogens is 526 g/mol. The molecule has 0 spiro atoms. The van der Waals surface area contributed by atoms with Crippen molar-refractivity contribution in [2.24, 2.45) is 5.92 Å². The molecule has 2 N–H and O–H groups in total. The van der Waals surface area contributed by atoms with Crippen LogP contribution in [0.5, 0.6) is 5.75 Å². The molecule has 218 valence electrons. The van der Waals surface area contributed by atoms with Crippen molar-refractivity contribution in [2.45, 2.75) is 78.1 Å². The number of alkyl carbamates (subject to hydrolysis) is 1. The summed E-state index contributed by atoms with van der Waals surface area (Å²) in [6, 6.07) is 11.1. The fraction of sp³-hybridized carbons (Fsp3) is 0.516. The molecule has 1 aliphatic carbocycles. The first kappa shape index (κ1) is 31.3. The Morgan fingerprint density at radius 2 is 1.75 bits per heavy atom. The van der Waals surface area contributed by atoms with Gasteiger partial charge in [-0.25, -0.2) is 4.79 Å². The van der Waals surface area contributed by atoms with Crippen molar-refractivity contribution in [3.05, 3.63) is 59.2 Å². The molecule has 0 saturated heterocycles. The normalized spacial score (nSPS) is 17.8. The molecule has 0 aliphatic heterocycles. The number of ether oxygens (including phenoxy) is 2. The lowest BCUT2D eigenvalue weighted by molar-refractivity contribution is -0.141. The Hall–Kier alpha value is -3.20. The molecule has 8 nitrogen and oxygen atoms in total. The van der Waals surface area contributed by atoms with Gasteiger partial charge in [-0.2, -0.15) is 11.8 Å². The summed E-state index contributed by atoms with van der Waals surface area (Å²) in [4.78, 5) is 42.9. The van der Waals surface area contributed by atoms with Crippen LogP contribution in [0.1, 0.15) is 63.3 Å². The second-order valence-corrected chi connectivity index (χ2v) is 12.5. The summed E-state index contributed by atoms with van der Waals surface area (Å²) in [7, 11) is 1.59. The minimum absolute atomic E-state index is 0.128. The molecule has 2 aromatic rings. The average Bonchev–Trinajstić information content (AvgIpc) is 3.60. The Balaban J connectivity index is 2.03. The van der Waals surface area contributed by atoms with Crippen LogP contribution in [-0.4, -0.2) is 59.6 Å². The number of hydrogen-bond donors (Lipinski definition) is 2. The molecule has 0 bridgehead atoms. The Labute approximate surface area is 242 Å². The number of nitrogens with zero attached hydrogens (tertiary/aromatic N) is 1. The topological polar surface area (TPSA) is 97.0 Å². The lowest BCUT2D eigenvalue weighted by Gasteiger charge is -2.35. The zero-order valence-corrected chi connectivity index (χ0v) is 25.7. The van der Waals surface area contributed by atoms with Gasteiger partial charge in [0.15, 0.2) is 0 Å². The summed E-state index contributed by atoms with van der Waals surface area (Å²) in [5.74, 6) is 0.965. The third kappa shape index (κ3) is 8.40. The SMILES string of the molecule is COc1ccc(NC(=O)C(c2ccc(C)cc2C)N(C(=O)C(CCSC)NC(=O)OC(C)(C)C)C2CC2C)cc1. The number of carbonyl (C=O) groups is 3. The van der Waals surface area contributed by atoms with Crippen LogP contribution in [0.25, 0.3) is 0 Å². The molecule has 9 heteroatoms. The molecule has 0 radical (unpaired) electrons. The minimum Gasteiger partial charge on any atom is -0.497 e. The summed E-state index contributed by atoms with van der Waals surface area (Å²) >= 11 is 1.59. The van der Waals surface area contributed by atoms with E-state index in [1.807, 2.05) is 38.3 Å². The number of anilines is 1. The van der Waals surface area contributed by atoms with Gasteiger partial charge in [0, 0.05) is 11.7 Å². The van der Waals surface area contributed by atoms with Crippen LogP contribution >= 0.6 is 11.8 Å². The van der Waals surface area contributed by atoms with Crippen LogP contribution < -0.4 is 15.4 Å². The molecule has 0 aromatic heterocycles. The molecule has 40 heavy (non-hydrogen) atoms. The standard InChI is InChI=1S/C31H43N3O5S/c1-19-9-14-24(20(2)17-19)27(28(35)32-22-10-12-23(38-7)13-11-22)34(26-18-21(26)3)29(36)25(15-16-40-8)33-30(37)39-31(4,5)6/h9-14,17,21,25-27H,15-16,18H2,1-8H3,(H,32,35)(H,33,37). The predicted molar refractivity (Wildman–Crippen MR) is 161 cm³/mol. The van der Waals surface area contributed by atoms with Crippen LogP contribution in [0.15, 0.2) is 42.5 Å². The number of carbonyl (C=O) groups excluding carboxylic acids is 3. The Morgan fingerprint density at radius 3 is 2.27 bits per heavy atom. The lowest BCUT2D eigenvalue weighted by atomic mass is 9.96. The summed E-state index contributed by atoms with van der Waals surface area (Å²) in [5, 5.41) is 5.82. The highest BCUT2D eigenvalue weighted by molar-refractivity contribution is 7.98. The minimum atomic E-state index is -0.887. The molecule has 3 rings (SSSR count). The fourth-order valence-corrected chi connectivity index (χ4v) is 5.20. The van der Waals surface area contributed by atoms with E-state index >= 15 is 0 Å². The molecule has 4 unspecified atom stereocenters. The zero-order chi connectivity index (χ0) is 29.6. The molecule has 3 amide bonds. The molecule has 1 fully saturated rings. The van der Waals surface area contributed by atoms with E-state index in [0.717, 1.165) is 23.1 Å². The maximum Gasteiger partial charge on any atom is 0.408 e. The van der Waals surface area contributed by atoms with Gasteiger partial charge in [-0.05, 0) is 101 Å².